The maximum absolute atomic E-state index is 12.4. The quantitative estimate of drug-likeness (QED) is 0.580. The molecule has 0 bridgehead atoms. The van der Waals surface area contributed by atoms with E-state index in [4.69, 9.17) is 4.43 Å². The lowest BCUT2D eigenvalue weighted by Crippen LogP contribution is -2.44. The fourth-order valence-corrected chi connectivity index (χ4v) is 3.73. The molecule has 0 saturated heterocycles. The minimum Gasteiger partial charge on any atom is -0.543 e. The highest BCUT2D eigenvalue weighted by Gasteiger charge is 2.39. The molecule has 2 aromatic rings. The Labute approximate surface area is 164 Å². The Morgan fingerprint density at radius 3 is 2.00 bits per heavy atom. The van der Waals surface area contributed by atoms with Gasteiger partial charge in [0.05, 0.1) is 0 Å². The molecule has 0 heterocycles. The van der Waals surface area contributed by atoms with Crippen molar-refractivity contribution < 1.29 is 9.22 Å². The fraction of sp³-hybridized carbons (Fsp3) is 0.409. The van der Waals surface area contributed by atoms with Gasteiger partial charge in [-0.25, -0.2) is 4.79 Å². The number of benzene rings is 2. The number of hydrogen-bond acceptors (Lipinski definition) is 2. The van der Waals surface area contributed by atoms with Gasteiger partial charge in [0.1, 0.15) is 5.75 Å². The van der Waals surface area contributed by atoms with Crippen LogP contribution in [0.15, 0.2) is 36.4 Å². The molecular formula is C22H32N2O2Si. The van der Waals surface area contributed by atoms with Crippen LogP contribution < -0.4 is 15.1 Å². The molecule has 0 unspecified atom stereocenters. The molecule has 2 rings (SSSR count). The Morgan fingerprint density at radius 2 is 1.48 bits per heavy atom. The van der Waals surface area contributed by atoms with Gasteiger partial charge in [-0.2, -0.15) is 0 Å². The van der Waals surface area contributed by atoms with Crippen molar-refractivity contribution in [1.29, 1.82) is 0 Å². The molecule has 146 valence electrons. The van der Waals surface area contributed by atoms with Gasteiger partial charge in [0, 0.05) is 11.4 Å². The van der Waals surface area contributed by atoms with Crippen molar-refractivity contribution in [2.45, 2.75) is 59.7 Å². The van der Waals surface area contributed by atoms with Crippen LogP contribution >= 0.6 is 0 Å². The van der Waals surface area contributed by atoms with Gasteiger partial charge in [-0.15, -0.1) is 0 Å². The van der Waals surface area contributed by atoms with Crippen LogP contribution in [0.3, 0.4) is 0 Å². The predicted octanol–water partition coefficient (Wildman–Crippen LogP) is 6.64. The first-order valence-electron chi connectivity index (χ1n) is 9.34. The average Bonchev–Trinajstić information content (AvgIpc) is 2.52. The van der Waals surface area contributed by atoms with Crippen LogP contribution in [0.5, 0.6) is 5.75 Å². The molecule has 5 heteroatoms. The summed E-state index contributed by atoms with van der Waals surface area (Å²) in [5, 5.41) is 5.96. The van der Waals surface area contributed by atoms with E-state index in [9.17, 15) is 4.79 Å². The Morgan fingerprint density at radius 1 is 0.926 bits per heavy atom. The Bertz CT molecular complexity index is 815. The summed E-state index contributed by atoms with van der Waals surface area (Å²) in [5.74, 6) is 0.937. The van der Waals surface area contributed by atoms with Gasteiger partial charge in [0.2, 0.25) is 0 Å². The zero-order chi connectivity index (χ0) is 20.4. The number of para-hydroxylation sites is 1. The molecule has 2 aromatic carbocycles. The molecule has 0 atom stereocenters. The molecule has 0 aliphatic heterocycles. The summed E-state index contributed by atoms with van der Waals surface area (Å²) in [6, 6.07) is 11.4. The molecule has 0 fully saturated rings. The molecule has 0 aliphatic rings. The van der Waals surface area contributed by atoms with Crippen molar-refractivity contribution in [1.82, 2.24) is 0 Å². The first kappa shape index (κ1) is 21.0. The zero-order valence-electron chi connectivity index (χ0n) is 17.8. The van der Waals surface area contributed by atoms with Gasteiger partial charge in [-0.05, 0) is 73.8 Å². The van der Waals surface area contributed by atoms with Crippen molar-refractivity contribution in [3.05, 3.63) is 53.1 Å². The van der Waals surface area contributed by atoms with Crippen LogP contribution in [0.25, 0.3) is 0 Å². The Kier molecular flexibility index (Phi) is 6.05. The van der Waals surface area contributed by atoms with Crippen molar-refractivity contribution in [2.75, 3.05) is 10.6 Å². The van der Waals surface area contributed by atoms with Crippen LogP contribution in [-0.4, -0.2) is 14.3 Å². The van der Waals surface area contributed by atoms with Crippen molar-refractivity contribution in [2.24, 2.45) is 0 Å². The molecule has 0 saturated carbocycles. The number of nitrogens with one attached hydrogen (secondary N) is 2. The van der Waals surface area contributed by atoms with E-state index >= 15 is 0 Å². The first-order valence-corrected chi connectivity index (χ1v) is 12.3. The number of carbonyl (C=O) groups is 1. The summed E-state index contributed by atoms with van der Waals surface area (Å²) in [6.07, 6.45) is 0. The molecule has 27 heavy (non-hydrogen) atoms. The Balaban J connectivity index is 2.17. The minimum atomic E-state index is -1.91. The highest BCUT2D eigenvalue weighted by atomic mass is 28.4. The van der Waals surface area contributed by atoms with Gasteiger partial charge in [0.15, 0.2) is 0 Å². The summed E-state index contributed by atoms with van der Waals surface area (Å²) in [7, 11) is -1.91. The summed E-state index contributed by atoms with van der Waals surface area (Å²) in [4.78, 5) is 12.4. The monoisotopic (exact) mass is 384 g/mol. The zero-order valence-corrected chi connectivity index (χ0v) is 18.8. The summed E-state index contributed by atoms with van der Waals surface area (Å²) in [5.41, 5.74) is 4.66. The highest BCUT2D eigenvalue weighted by molar-refractivity contribution is 6.74. The standard InChI is InChI=1S/C22H32N2O2Si/c1-15-11-9-10-12-19(15)24-21(25)23-18-13-16(2)20(17(3)14-18)26-27(7,8)22(4,5)6/h9-14H,1-8H3,(H2,23,24,25). The van der Waals surface area contributed by atoms with E-state index in [0.717, 1.165) is 33.8 Å². The van der Waals surface area contributed by atoms with Gasteiger partial charge < -0.3 is 15.1 Å². The molecule has 0 radical (unpaired) electrons. The number of hydrogen-bond donors (Lipinski definition) is 2. The number of aryl methyl sites for hydroxylation is 3. The molecule has 0 aliphatic carbocycles. The minimum absolute atomic E-state index is 0.135. The number of urea groups is 1. The van der Waals surface area contributed by atoms with Crippen LogP contribution in [-0.2, 0) is 0 Å². The van der Waals surface area contributed by atoms with E-state index in [-0.39, 0.29) is 11.1 Å². The number of carbonyl (C=O) groups excluding carboxylic acids is 1. The van der Waals surface area contributed by atoms with Gasteiger partial charge in [0.25, 0.3) is 8.32 Å². The molecule has 0 aromatic heterocycles. The molecular weight excluding hydrogens is 352 g/mol. The summed E-state index contributed by atoms with van der Waals surface area (Å²) in [6.45, 7) is 17.2. The second kappa shape index (κ2) is 7.77. The number of amides is 2. The van der Waals surface area contributed by atoms with Gasteiger partial charge >= 0.3 is 6.03 Å². The van der Waals surface area contributed by atoms with E-state index in [1.165, 1.54) is 0 Å². The maximum Gasteiger partial charge on any atom is 0.323 e. The van der Waals surface area contributed by atoms with E-state index < -0.39 is 8.32 Å². The SMILES string of the molecule is Cc1ccccc1NC(=O)Nc1cc(C)c(O[Si](C)(C)C(C)(C)C)c(C)c1. The summed E-state index contributed by atoms with van der Waals surface area (Å²) >= 11 is 0. The van der Waals surface area contributed by atoms with Crippen LogP contribution in [0.4, 0.5) is 16.2 Å². The normalized spacial score (nSPS) is 11.9. The number of anilines is 2. The van der Waals surface area contributed by atoms with Gasteiger partial charge in [-0.3, -0.25) is 0 Å². The third-order valence-corrected chi connectivity index (χ3v) is 9.60. The van der Waals surface area contributed by atoms with Crippen LogP contribution in [0, 0.1) is 20.8 Å². The fourth-order valence-electron chi connectivity index (χ4n) is 2.59. The third kappa shape index (κ3) is 5.13. The third-order valence-electron chi connectivity index (χ3n) is 5.27. The van der Waals surface area contributed by atoms with Crippen molar-refractivity contribution in [3.8, 4) is 5.75 Å². The molecule has 2 N–H and O–H groups in total. The van der Waals surface area contributed by atoms with Crippen molar-refractivity contribution in [3.63, 3.8) is 0 Å². The molecule has 2 amide bonds. The van der Waals surface area contributed by atoms with Crippen LogP contribution in [0.2, 0.25) is 18.1 Å². The largest absolute Gasteiger partial charge is 0.543 e. The van der Waals surface area contributed by atoms with Crippen molar-refractivity contribution >= 4 is 25.7 Å². The van der Waals surface area contributed by atoms with E-state index in [1.54, 1.807) is 0 Å². The lowest BCUT2D eigenvalue weighted by atomic mass is 10.1. The second-order valence-corrected chi connectivity index (χ2v) is 13.4. The lowest BCUT2D eigenvalue weighted by molar-refractivity contribution is 0.262. The molecule has 0 spiro atoms. The highest BCUT2D eigenvalue weighted by Crippen LogP contribution is 2.39. The predicted molar refractivity (Wildman–Crippen MR) is 118 cm³/mol. The molecule has 4 nitrogen and oxygen atoms in total. The first-order chi connectivity index (χ1) is 12.4. The average molecular weight is 385 g/mol. The van der Waals surface area contributed by atoms with Gasteiger partial charge in [-0.1, -0.05) is 39.0 Å². The maximum atomic E-state index is 12.4. The van der Waals surface area contributed by atoms with E-state index in [1.807, 2.05) is 57.2 Å². The topological polar surface area (TPSA) is 50.4 Å². The second-order valence-electron chi connectivity index (χ2n) is 8.70. The smallest absolute Gasteiger partial charge is 0.323 e. The summed E-state index contributed by atoms with van der Waals surface area (Å²) < 4.78 is 6.51. The van der Waals surface area contributed by atoms with E-state index in [2.05, 4.69) is 44.5 Å². The number of rotatable bonds is 4. The van der Waals surface area contributed by atoms with E-state index in [0.29, 0.717) is 0 Å². The lowest BCUT2D eigenvalue weighted by Gasteiger charge is -2.37. The van der Waals surface area contributed by atoms with Crippen LogP contribution in [0.1, 0.15) is 37.5 Å². The Hall–Kier alpha value is -2.27.